The molecule has 0 aliphatic carbocycles. The molecule has 3 rings (SSSR count). The van der Waals surface area contributed by atoms with Crippen molar-refractivity contribution in [1.82, 2.24) is 20.4 Å². The molecule has 2 heterocycles. The highest BCUT2D eigenvalue weighted by Gasteiger charge is 2.23. The molecule has 29 heavy (non-hydrogen) atoms. The summed E-state index contributed by atoms with van der Waals surface area (Å²) in [4.78, 5) is 13.5. The van der Waals surface area contributed by atoms with E-state index in [4.69, 9.17) is 16.1 Å². The Morgan fingerprint density at radius 1 is 1.24 bits per heavy atom. The first kappa shape index (κ1) is 23.7. The topological polar surface area (TPSA) is 69.8 Å². The minimum Gasteiger partial charge on any atom is -0.368 e. The van der Waals surface area contributed by atoms with Gasteiger partial charge in [0, 0.05) is 49.4 Å². The number of aromatic nitrogens is 2. The quantitative estimate of drug-likeness (QED) is 0.368. The Hall–Kier alpha value is -1.55. The molecule has 0 bridgehead atoms. The van der Waals surface area contributed by atoms with E-state index in [0.717, 1.165) is 37.2 Å². The number of hydrogen-bond donors (Lipinski definition) is 1. The number of rotatable bonds is 3. The van der Waals surface area contributed by atoms with Crippen LogP contribution in [0.25, 0.3) is 0 Å². The molecule has 1 aliphatic rings. The molecule has 7 nitrogen and oxygen atoms in total. The van der Waals surface area contributed by atoms with E-state index in [-0.39, 0.29) is 29.4 Å². The molecule has 1 aromatic heterocycles. The van der Waals surface area contributed by atoms with Gasteiger partial charge < -0.3 is 19.6 Å². The zero-order valence-electron chi connectivity index (χ0n) is 17.7. The highest BCUT2D eigenvalue weighted by molar-refractivity contribution is 14.0. The van der Waals surface area contributed by atoms with Crippen LogP contribution in [0.3, 0.4) is 0 Å². The van der Waals surface area contributed by atoms with Crippen molar-refractivity contribution in [3.63, 3.8) is 0 Å². The predicted molar refractivity (Wildman–Crippen MR) is 129 cm³/mol. The van der Waals surface area contributed by atoms with Gasteiger partial charge in [0.15, 0.2) is 11.8 Å². The van der Waals surface area contributed by atoms with Crippen molar-refractivity contribution in [2.45, 2.75) is 39.7 Å². The summed E-state index contributed by atoms with van der Waals surface area (Å²) in [6.45, 7) is 12.4. The Labute approximate surface area is 194 Å². The molecule has 1 fully saturated rings. The molecular formula is C20H30ClIN6O. The Morgan fingerprint density at radius 3 is 2.52 bits per heavy atom. The first-order valence-electron chi connectivity index (χ1n) is 9.57. The number of aryl methyl sites for hydroxylation is 1. The third kappa shape index (κ3) is 5.97. The van der Waals surface area contributed by atoms with Gasteiger partial charge in [-0.1, -0.05) is 43.6 Å². The van der Waals surface area contributed by atoms with Gasteiger partial charge in [-0.2, -0.15) is 4.98 Å². The van der Waals surface area contributed by atoms with Crippen molar-refractivity contribution in [1.29, 1.82) is 0 Å². The van der Waals surface area contributed by atoms with Crippen molar-refractivity contribution < 1.29 is 4.52 Å². The smallest absolute Gasteiger partial charge is 0.232 e. The molecular weight excluding hydrogens is 503 g/mol. The van der Waals surface area contributed by atoms with Crippen molar-refractivity contribution in [3.8, 4) is 0 Å². The summed E-state index contributed by atoms with van der Waals surface area (Å²) in [5.74, 6) is 2.13. The largest absolute Gasteiger partial charge is 0.368 e. The standard InChI is InChI=1S/C20H29ClN6O.HI/c1-14-6-7-15(21)12-16(14)26-8-10-27(11-9-26)19(22-5)23-13-17-24-18(28-25-17)20(2,3)4;/h6-7,12H,8-11,13H2,1-5H3,(H,22,23);1H. The SMILES string of the molecule is CN=C(NCc1noc(C(C)(C)C)n1)N1CCN(c2cc(Cl)ccc2C)CC1.I. The number of nitrogens with zero attached hydrogens (tertiary/aromatic N) is 5. The Kier molecular flexibility index (Phi) is 8.16. The van der Waals surface area contributed by atoms with Gasteiger partial charge in [0.05, 0.1) is 6.54 Å². The highest BCUT2D eigenvalue weighted by Crippen LogP contribution is 2.25. The first-order chi connectivity index (χ1) is 13.3. The van der Waals surface area contributed by atoms with Gasteiger partial charge in [0.2, 0.25) is 5.89 Å². The number of aliphatic imine (C=N–C) groups is 1. The number of halogens is 2. The molecule has 1 aliphatic heterocycles. The fraction of sp³-hybridized carbons (Fsp3) is 0.550. The molecule has 0 spiro atoms. The molecule has 0 amide bonds. The van der Waals surface area contributed by atoms with Crippen LogP contribution < -0.4 is 10.2 Å². The first-order valence-corrected chi connectivity index (χ1v) is 9.95. The summed E-state index contributed by atoms with van der Waals surface area (Å²) in [6.07, 6.45) is 0. The number of guanidine groups is 1. The summed E-state index contributed by atoms with van der Waals surface area (Å²) < 4.78 is 5.35. The van der Waals surface area contributed by atoms with Gasteiger partial charge >= 0.3 is 0 Å². The molecule has 2 aromatic rings. The molecule has 9 heteroatoms. The number of hydrogen-bond acceptors (Lipinski definition) is 5. The van der Waals surface area contributed by atoms with Gasteiger partial charge in [-0.15, -0.1) is 24.0 Å². The number of benzene rings is 1. The fourth-order valence-electron chi connectivity index (χ4n) is 3.20. The summed E-state index contributed by atoms with van der Waals surface area (Å²) in [6, 6.07) is 6.05. The lowest BCUT2D eigenvalue weighted by Crippen LogP contribution is -2.52. The Balaban J connectivity index is 0.00000300. The molecule has 0 atom stereocenters. The van der Waals surface area contributed by atoms with Crippen LogP contribution >= 0.6 is 35.6 Å². The molecule has 1 N–H and O–H groups in total. The van der Waals surface area contributed by atoms with E-state index >= 15 is 0 Å². The van der Waals surface area contributed by atoms with Gasteiger partial charge in [-0.05, 0) is 24.6 Å². The summed E-state index contributed by atoms with van der Waals surface area (Å²) in [5, 5.41) is 8.18. The zero-order chi connectivity index (χ0) is 20.3. The van der Waals surface area contributed by atoms with Crippen LogP contribution in [0.15, 0.2) is 27.7 Å². The van der Waals surface area contributed by atoms with Crippen molar-refractivity contribution in [2.75, 3.05) is 38.1 Å². The molecule has 1 aromatic carbocycles. The maximum atomic E-state index is 6.18. The van der Waals surface area contributed by atoms with Crippen LogP contribution in [0, 0.1) is 6.92 Å². The van der Waals surface area contributed by atoms with E-state index < -0.39 is 0 Å². The Bertz CT molecular complexity index is 840. The van der Waals surface area contributed by atoms with E-state index in [1.54, 1.807) is 7.05 Å². The van der Waals surface area contributed by atoms with Crippen LogP contribution in [0.1, 0.15) is 38.0 Å². The fourth-order valence-corrected chi connectivity index (χ4v) is 3.37. The minimum atomic E-state index is -0.151. The molecule has 0 radical (unpaired) electrons. The summed E-state index contributed by atoms with van der Waals surface area (Å²) in [5.41, 5.74) is 2.30. The lowest BCUT2D eigenvalue weighted by molar-refractivity contribution is 0.317. The average molecular weight is 533 g/mol. The monoisotopic (exact) mass is 532 g/mol. The molecule has 0 unspecified atom stereocenters. The lowest BCUT2D eigenvalue weighted by atomic mass is 9.97. The van der Waals surface area contributed by atoms with Crippen LogP contribution in [-0.4, -0.2) is 54.2 Å². The minimum absolute atomic E-state index is 0. The second-order valence-corrected chi connectivity index (χ2v) is 8.51. The van der Waals surface area contributed by atoms with Crippen LogP contribution in [-0.2, 0) is 12.0 Å². The molecule has 160 valence electrons. The van der Waals surface area contributed by atoms with E-state index in [0.29, 0.717) is 18.3 Å². The van der Waals surface area contributed by atoms with E-state index in [1.165, 1.54) is 11.3 Å². The number of piperazine rings is 1. The maximum absolute atomic E-state index is 6.18. The average Bonchev–Trinajstić information content (AvgIpc) is 3.14. The third-order valence-corrected chi connectivity index (χ3v) is 5.05. The normalized spacial score (nSPS) is 15.3. The van der Waals surface area contributed by atoms with Gasteiger partial charge in [-0.3, -0.25) is 4.99 Å². The van der Waals surface area contributed by atoms with E-state index in [2.05, 4.69) is 64.0 Å². The zero-order valence-corrected chi connectivity index (χ0v) is 20.8. The second kappa shape index (κ2) is 9.97. The summed E-state index contributed by atoms with van der Waals surface area (Å²) >= 11 is 6.18. The summed E-state index contributed by atoms with van der Waals surface area (Å²) in [7, 11) is 1.80. The maximum Gasteiger partial charge on any atom is 0.232 e. The van der Waals surface area contributed by atoms with Crippen LogP contribution in [0.2, 0.25) is 5.02 Å². The van der Waals surface area contributed by atoms with Gasteiger partial charge in [0.25, 0.3) is 0 Å². The number of anilines is 1. The van der Waals surface area contributed by atoms with E-state index in [1.807, 2.05) is 12.1 Å². The van der Waals surface area contributed by atoms with Crippen LogP contribution in [0.4, 0.5) is 5.69 Å². The highest BCUT2D eigenvalue weighted by atomic mass is 127. The lowest BCUT2D eigenvalue weighted by Gasteiger charge is -2.38. The third-order valence-electron chi connectivity index (χ3n) is 4.82. The molecule has 0 saturated carbocycles. The predicted octanol–water partition coefficient (Wildman–Crippen LogP) is 3.84. The van der Waals surface area contributed by atoms with Crippen molar-refractivity contribution in [3.05, 3.63) is 40.5 Å². The Morgan fingerprint density at radius 2 is 1.93 bits per heavy atom. The molecule has 1 saturated heterocycles. The van der Waals surface area contributed by atoms with Crippen molar-refractivity contribution >= 4 is 47.2 Å². The van der Waals surface area contributed by atoms with Crippen LogP contribution in [0.5, 0.6) is 0 Å². The van der Waals surface area contributed by atoms with E-state index in [9.17, 15) is 0 Å². The second-order valence-electron chi connectivity index (χ2n) is 8.07. The van der Waals surface area contributed by atoms with Crippen molar-refractivity contribution in [2.24, 2.45) is 4.99 Å². The van der Waals surface area contributed by atoms with Gasteiger partial charge in [-0.25, -0.2) is 0 Å². The van der Waals surface area contributed by atoms with Gasteiger partial charge in [0.1, 0.15) is 0 Å². The number of nitrogens with one attached hydrogen (secondary N) is 1.